The lowest BCUT2D eigenvalue weighted by Crippen LogP contribution is -2.08. The highest BCUT2D eigenvalue weighted by atomic mass is 16.5. The number of benzene rings is 1. The Kier molecular flexibility index (Phi) is 2.41. The minimum atomic E-state index is -0.774. The average molecular weight is 220 g/mol. The maximum Gasteiger partial charge on any atom is 0.310 e. The van der Waals surface area contributed by atoms with Gasteiger partial charge in [-0.15, -0.1) is 0 Å². The molecule has 16 heavy (non-hydrogen) atoms. The van der Waals surface area contributed by atoms with Gasteiger partial charge in [0.2, 0.25) is 0 Å². The van der Waals surface area contributed by atoms with Crippen molar-refractivity contribution in [2.24, 2.45) is 11.3 Å². The predicted octanol–water partition coefficient (Wildman–Crippen LogP) is 2.48. The third-order valence-electron chi connectivity index (χ3n) is 3.34. The molecule has 86 valence electrons. The van der Waals surface area contributed by atoms with Gasteiger partial charge in [-0.3, -0.25) is 4.79 Å². The van der Waals surface area contributed by atoms with Crippen LogP contribution in [0.4, 0.5) is 0 Å². The van der Waals surface area contributed by atoms with E-state index in [0.29, 0.717) is 0 Å². The third kappa shape index (κ3) is 1.66. The summed E-state index contributed by atoms with van der Waals surface area (Å²) in [7, 11) is 0. The number of para-hydroxylation sites is 1. The highest BCUT2D eigenvalue weighted by Gasteiger charge is 2.64. The number of carboxylic acids is 1. The molecule has 3 heteroatoms. The molecule has 0 amide bonds. The maximum atomic E-state index is 11.0. The number of aliphatic carboxylic acids is 1. The Hall–Kier alpha value is -1.51. The van der Waals surface area contributed by atoms with Crippen LogP contribution in [-0.2, 0) is 4.79 Å². The Morgan fingerprint density at radius 1 is 1.38 bits per heavy atom. The zero-order valence-electron chi connectivity index (χ0n) is 9.73. The molecule has 0 radical (unpaired) electrons. The van der Waals surface area contributed by atoms with Crippen LogP contribution in [0.1, 0.15) is 19.4 Å². The number of hydrogen-bond acceptors (Lipinski definition) is 2. The van der Waals surface area contributed by atoms with E-state index in [4.69, 9.17) is 9.84 Å². The van der Waals surface area contributed by atoms with Gasteiger partial charge in [-0.05, 0) is 18.6 Å². The molecule has 1 N–H and O–H groups in total. The van der Waals surface area contributed by atoms with Crippen molar-refractivity contribution in [2.75, 3.05) is 0 Å². The van der Waals surface area contributed by atoms with E-state index in [2.05, 4.69) is 0 Å². The van der Waals surface area contributed by atoms with Gasteiger partial charge in [0.1, 0.15) is 17.8 Å². The average Bonchev–Trinajstić information content (AvgIpc) is 2.72. The summed E-state index contributed by atoms with van der Waals surface area (Å²) in [4.78, 5) is 11.0. The van der Waals surface area contributed by atoms with Crippen molar-refractivity contribution in [1.29, 1.82) is 0 Å². The molecular formula is C13H16O3. The Labute approximate surface area is 95.0 Å². The molecule has 0 heterocycles. The summed E-state index contributed by atoms with van der Waals surface area (Å²) in [5.74, 6) is -0.389. The quantitative estimate of drug-likeness (QED) is 0.851. The second-order valence-electron chi connectivity index (χ2n) is 4.94. The number of rotatable bonds is 3. The molecule has 0 bridgehead atoms. The summed E-state index contributed by atoms with van der Waals surface area (Å²) in [6, 6.07) is 7.67. The van der Waals surface area contributed by atoms with Gasteiger partial charge in [-0.1, -0.05) is 32.0 Å². The second-order valence-corrected chi connectivity index (χ2v) is 4.94. The van der Waals surface area contributed by atoms with E-state index in [0.717, 1.165) is 11.3 Å². The smallest absolute Gasteiger partial charge is 0.310 e. The van der Waals surface area contributed by atoms with Gasteiger partial charge in [0.05, 0.1) is 0 Å². The third-order valence-corrected chi connectivity index (χ3v) is 3.34. The fourth-order valence-corrected chi connectivity index (χ4v) is 2.08. The van der Waals surface area contributed by atoms with Crippen LogP contribution in [-0.4, -0.2) is 17.2 Å². The number of carboxylic acid groups (broad SMARTS) is 1. The zero-order valence-corrected chi connectivity index (χ0v) is 9.73. The Bertz CT molecular complexity index is 423. The molecule has 1 aliphatic carbocycles. The van der Waals surface area contributed by atoms with Crippen molar-refractivity contribution >= 4 is 5.97 Å². The van der Waals surface area contributed by atoms with Crippen molar-refractivity contribution in [3.8, 4) is 5.75 Å². The van der Waals surface area contributed by atoms with E-state index in [9.17, 15) is 4.79 Å². The van der Waals surface area contributed by atoms with Crippen molar-refractivity contribution in [2.45, 2.75) is 26.9 Å². The Morgan fingerprint density at radius 2 is 2.00 bits per heavy atom. The molecule has 0 spiro atoms. The summed E-state index contributed by atoms with van der Waals surface area (Å²) in [5.41, 5.74) is 0.767. The molecular weight excluding hydrogens is 204 g/mol. The van der Waals surface area contributed by atoms with E-state index < -0.39 is 11.9 Å². The van der Waals surface area contributed by atoms with Gasteiger partial charge in [0.25, 0.3) is 0 Å². The number of aryl methyl sites for hydroxylation is 1. The second kappa shape index (κ2) is 3.51. The Morgan fingerprint density at radius 3 is 2.50 bits per heavy atom. The van der Waals surface area contributed by atoms with Crippen LogP contribution in [0.5, 0.6) is 5.75 Å². The molecule has 1 aromatic carbocycles. The van der Waals surface area contributed by atoms with Crippen LogP contribution in [0.25, 0.3) is 0 Å². The number of hydrogen-bond donors (Lipinski definition) is 1. The highest BCUT2D eigenvalue weighted by Crippen LogP contribution is 2.54. The van der Waals surface area contributed by atoms with E-state index in [-0.39, 0.29) is 11.5 Å². The lowest BCUT2D eigenvalue weighted by molar-refractivity contribution is -0.139. The molecule has 0 saturated heterocycles. The predicted molar refractivity (Wildman–Crippen MR) is 60.5 cm³/mol. The lowest BCUT2D eigenvalue weighted by Gasteiger charge is -2.09. The summed E-state index contributed by atoms with van der Waals surface area (Å²) in [5, 5.41) is 9.03. The standard InChI is InChI=1S/C13H16O3/c1-8-6-4-5-7-9(8)16-11-10(12(14)15)13(11,2)3/h4-7,10-11H,1-3H3,(H,14,15). The highest BCUT2D eigenvalue weighted by molar-refractivity contribution is 5.76. The largest absolute Gasteiger partial charge is 0.489 e. The molecule has 2 rings (SSSR count). The van der Waals surface area contributed by atoms with Gasteiger partial charge in [-0.2, -0.15) is 0 Å². The van der Waals surface area contributed by atoms with Crippen LogP contribution in [0.3, 0.4) is 0 Å². The van der Waals surface area contributed by atoms with Crippen LogP contribution in [0, 0.1) is 18.3 Å². The van der Waals surface area contributed by atoms with Gasteiger partial charge in [0.15, 0.2) is 0 Å². The molecule has 1 aromatic rings. The first kappa shape index (κ1) is 11.0. The molecule has 2 unspecified atom stereocenters. The fourth-order valence-electron chi connectivity index (χ4n) is 2.08. The SMILES string of the molecule is Cc1ccccc1OC1C(C(=O)O)C1(C)C. The van der Waals surface area contributed by atoms with Gasteiger partial charge in [-0.25, -0.2) is 0 Å². The van der Waals surface area contributed by atoms with Crippen molar-refractivity contribution in [1.82, 2.24) is 0 Å². The molecule has 1 saturated carbocycles. The lowest BCUT2D eigenvalue weighted by atomic mass is 10.1. The summed E-state index contributed by atoms with van der Waals surface area (Å²) >= 11 is 0. The van der Waals surface area contributed by atoms with Gasteiger partial charge in [0, 0.05) is 5.41 Å². The van der Waals surface area contributed by atoms with Crippen LogP contribution in [0.2, 0.25) is 0 Å². The van der Waals surface area contributed by atoms with Crippen LogP contribution in [0.15, 0.2) is 24.3 Å². The van der Waals surface area contributed by atoms with Crippen LogP contribution >= 0.6 is 0 Å². The zero-order chi connectivity index (χ0) is 11.9. The molecule has 2 atom stereocenters. The van der Waals surface area contributed by atoms with E-state index >= 15 is 0 Å². The first-order valence-electron chi connectivity index (χ1n) is 5.39. The first-order valence-corrected chi connectivity index (χ1v) is 5.39. The molecule has 1 fully saturated rings. The van der Waals surface area contributed by atoms with Gasteiger partial charge >= 0.3 is 5.97 Å². The van der Waals surface area contributed by atoms with Gasteiger partial charge < -0.3 is 9.84 Å². The van der Waals surface area contributed by atoms with Crippen molar-refractivity contribution in [3.63, 3.8) is 0 Å². The molecule has 1 aliphatic rings. The summed E-state index contributed by atoms with van der Waals surface area (Å²) in [6.07, 6.45) is -0.217. The maximum absolute atomic E-state index is 11.0. The number of ether oxygens (including phenoxy) is 1. The first-order chi connectivity index (χ1) is 7.44. The summed E-state index contributed by atoms with van der Waals surface area (Å²) < 4.78 is 5.76. The monoisotopic (exact) mass is 220 g/mol. The molecule has 0 aliphatic heterocycles. The molecule has 0 aromatic heterocycles. The van der Waals surface area contributed by atoms with E-state index in [1.165, 1.54) is 0 Å². The van der Waals surface area contributed by atoms with Crippen molar-refractivity contribution in [3.05, 3.63) is 29.8 Å². The van der Waals surface area contributed by atoms with E-state index in [1.807, 2.05) is 45.0 Å². The van der Waals surface area contributed by atoms with Crippen molar-refractivity contribution < 1.29 is 14.6 Å². The normalized spacial score (nSPS) is 26.2. The number of carbonyl (C=O) groups is 1. The minimum absolute atomic E-state index is 0.217. The minimum Gasteiger partial charge on any atom is -0.489 e. The molecule has 3 nitrogen and oxygen atoms in total. The fraction of sp³-hybridized carbons (Fsp3) is 0.462. The van der Waals surface area contributed by atoms with E-state index in [1.54, 1.807) is 0 Å². The topological polar surface area (TPSA) is 46.5 Å². The van der Waals surface area contributed by atoms with Crippen LogP contribution < -0.4 is 4.74 Å². The Balaban J connectivity index is 2.14. The summed E-state index contributed by atoms with van der Waals surface area (Å²) in [6.45, 7) is 5.81.